The van der Waals surface area contributed by atoms with Crippen molar-refractivity contribution >= 4 is 22.8 Å². The lowest BCUT2D eigenvalue weighted by molar-refractivity contribution is -0.393. The Morgan fingerprint density at radius 2 is 1.71 bits per heavy atom. The molecule has 0 aromatic heterocycles. The largest absolute Gasteiger partial charge is 0.301 e. The number of nitro groups is 2. The Bertz CT molecular complexity index is 754. The molecule has 0 radical (unpaired) electrons. The average molecular weight is 330 g/mol. The van der Waals surface area contributed by atoms with Crippen LogP contribution in [0.15, 0.2) is 34.4 Å². The predicted octanol–water partition coefficient (Wildman–Crippen LogP) is 4.33. The molecule has 0 fully saturated rings. The summed E-state index contributed by atoms with van der Waals surface area (Å²) in [4.78, 5) is 20.6. The summed E-state index contributed by atoms with van der Waals surface area (Å²) in [6.45, 7) is 0. The Kier molecular flexibility index (Phi) is 4.54. The molecule has 24 heavy (non-hydrogen) atoms. The second kappa shape index (κ2) is 6.77. The lowest BCUT2D eigenvalue weighted by Crippen LogP contribution is -2.14. The molecule has 1 aromatic rings. The van der Waals surface area contributed by atoms with Crippen LogP contribution in [0.4, 0.5) is 17.1 Å². The summed E-state index contributed by atoms with van der Waals surface area (Å²) in [6, 6.07) is 3.51. The Labute approximate surface area is 138 Å². The molecule has 0 saturated heterocycles. The fourth-order valence-corrected chi connectivity index (χ4v) is 3.29. The van der Waals surface area contributed by atoms with Crippen LogP contribution in [0.5, 0.6) is 0 Å². The number of nitrogens with one attached hydrogen (secondary N) is 1. The van der Waals surface area contributed by atoms with E-state index < -0.39 is 9.85 Å². The van der Waals surface area contributed by atoms with E-state index in [1.54, 1.807) is 5.57 Å². The lowest BCUT2D eigenvalue weighted by atomic mass is 9.81. The van der Waals surface area contributed by atoms with Crippen molar-refractivity contribution in [3.8, 4) is 0 Å². The first-order chi connectivity index (χ1) is 11.5. The van der Waals surface area contributed by atoms with Crippen LogP contribution in [0, 0.1) is 20.2 Å². The van der Waals surface area contributed by atoms with Gasteiger partial charge in [0.1, 0.15) is 5.69 Å². The standard InChI is InChI=1S/C16H18N4O4/c21-19(22)14-7-8-15(16(10-14)20(23)24)18-17-13-6-5-11-3-1-2-4-12(11)9-13/h7-8,10,18H,1-6,9H2. The van der Waals surface area contributed by atoms with Gasteiger partial charge < -0.3 is 0 Å². The third-order valence-electron chi connectivity index (χ3n) is 4.56. The molecule has 126 valence electrons. The van der Waals surface area contributed by atoms with Crippen molar-refractivity contribution < 1.29 is 9.85 Å². The predicted molar refractivity (Wildman–Crippen MR) is 90.2 cm³/mol. The Morgan fingerprint density at radius 3 is 2.42 bits per heavy atom. The summed E-state index contributed by atoms with van der Waals surface area (Å²) < 4.78 is 0. The molecular formula is C16H18N4O4. The van der Waals surface area contributed by atoms with Gasteiger partial charge >= 0.3 is 5.69 Å². The van der Waals surface area contributed by atoms with E-state index in [4.69, 9.17) is 0 Å². The molecule has 0 heterocycles. The van der Waals surface area contributed by atoms with E-state index in [0.717, 1.165) is 37.5 Å². The van der Waals surface area contributed by atoms with Crippen LogP contribution >= 0.6 is 0 Å². The van der Waals surface area contributed by atoms with Crippen molar-refractivity contribution in [3.63, 3.8) is 0 Å². The van der Waals surface area contributed by atoms with Crippen molar-refractivity contribution in [2.75, 3.05) is 5.43 Å². The number of hydrogen-bond donors (Lipinski definition) is 1. The maximum Gasteiger partial charge on any atom is 0.301 e. The molecule has 1 aromatic carbocycles. The number of hydrazone groups is 1. The highest BCUT2D eigenvalue weighted by Gasteiger charge is 2.21. The Hall–Kier alpha value is -2.77. The molecule has 0 spiro atoms. The first-order valence-electron chi connectivity index (χ1n) is 7.98. The zero-order valence-corrected chi connectivity index (χ0v) is 13.2. The second-order valence-corrected chi connectivity index (χ2v) is 6.10. The van der Waals surface area contributed by atoms with Crippen molar-refractivity contribution in [3.05, 3.63) is 49.6 Å². The zero-order valence-electron chi connectivity index (χ0n) is 13.2. The van der Waals surface area contributed by atoms with E-state index in [1.165, 1.54) is 37.0 Å². The van der Waals surface area contributed by atoms with Crippen molar-refractivity contribution in [1.82, 2.24) is 0 Å². The van der Waals surface area contributed by atoms with Gasteiger partial charge in [-0.3, -0.25) is 25.7 Å². The van der Waals surface area contributed by atoms with E-state index in [9.17, 15) is 20.2 Å². The van der Waals surface area contributed by atoms with Gasteiger partial charge in [0.05, 0.1) is 15.9 Å². The topological polar surface area (TPSA) is 111 Å². The van der Waals surface area contributed by atoms with Gasteiger partial charge in [0, 0.05) is 18.2 Å². The third kappa shape index (κ3) is 3.42. The van der Waals surface area contributed by atoms with Crippen molar-refractivity contribution in [1.29, 1.82) is 0 Å². The second-order valence-electron chi connectivity index (χ2n) is 6.10. The molecular weight excluding hydrogens is 312 g/mol. The van der Waals surface area contributed by atoms with Gasteiger partial charge in [0.15, 0.2) is 0 Å². The maximum atomic E-state index is 11.1. The van der Waals surface area contributed by atoms with Crippen LogP contribution in [-0.2, 0) is 0 Å². The van der Waals surface area contributed by atoms with E-state index in [-0.39, 0.29) is 17.1 Å². The molecule has 2 aliphatic carbocycles. The number of anilines is 1. The van der Waals surface area contributed by atoms with Crippen molar-refractivity contribution in [2.24, 2.45) is 5.10 Å². The zero-order chi connectivity index (χ0) is 17.1. The number of benzene rings is 1. The summed E-state index contributed by atoms with van der Waals surface area (Å²) >= 11 is 0. The van der Waals surface area contributed by atoms with Crippen LogP contribution in [-0.4, -0.2) is 15.6 Å². The summed E-state index contributed by atoms with van der Waals surface area (Å²) in [5.74, 6) is 0. The average Bonchev–Trinajstić information content (AvgIpc) is 2.59. The molecule has 0 bridgehead atoms. The molecule has 1 N–H and O–H groups in total. The molecule has 3 rings (SSSR count). The van der Waals surface area contributed by atoms with Gasteiger partial charge in [0.25, 0.3) is 5.69 Å². The normalized spacial score (nSPS) is 19.1. The lowest BCUT2D eigenvalue weighted by Gasteiger charge is -2.25. The molecule has 0 aliphatic heterocycles. The summed E-state index contributed by atoms with van der Waals surface area (Å²) in [5, 5.41) is 26.2. The van der Waals surface area contributed by atoms with E-state index in [1.807, 2.05) is 0 Å². The van der Waals surface area contributed by atoms with Crippen LogP contribution in [0.3, 0.4) is 0 Å². The van der Waals surface area contributed by atoms with Gasteiger partial charge in [-0.05, 0) is 44.6 Å². The number of hydrogen-bond acceptors (Lipinski definition) is 6. The van der Waals surface area contributed by atoms with Gasteiger partial charge in [-0.15, -0.1) is 0 Å². The van der Waals surface area contributed by atoms with E-state index in [0.29, 0.717) is 0 Å². The number of allylic oxidation sites excluding steroid dienone is 2. The molecule has 8 nitrogen and oxygen atoms in total. The molecule has 0 saturated carbocycles. The molecule has 8 heteroatoms. The first-order valence-corrected chi connectivity index (χ1v) is 7.98. The highest BCUT2D eigenvalue weighted by Crippen LogP contribution is 2.35. The smallest absolute Gasteiger partial charge is 0.272 e. The van der Waals surface area contributed by atoms with Gasteiger partial charge in [0.2, 0.25) is 0 Å². The minimum Gasteiger partial charge on any atom is -0.272 e. The number of rotatable bonds is 4. The van der Waals surface area contributed by atoms with Crippen LogP contribution < -0.4 is 5.43 Å². The number of non-ortho nitro benzene ring substituents is 1. The highest BCUT2D eigenvalue weighted by molar-refractivity contribution is 5.89. The van der Waals surface area contributed by atoms with E-state index >= 15 is 0 Å². The molecule has 0 unspecified atom stereocenters. The highest BCUT2D eigenvalue weighted by atomic mass is 16.6. The molecule has 0 atom stereocenters. The fourth-order valence-electron chi connectivity index (χ4n) is 3.29. The van der Waals surface area contributed by atoms with Gasteiger partial charge in [-0.1, -0.05) is 11.1 Å². The number of nitrogens with zero attached hydrogens (tertiary/aromatic N) is 3. The monoisotopic (exact) mass is 330 g/mol. The minimum atomic E-state index is -0.652. The van der Waals surface area contributed by atoms with Crippen LogP contribution in [0.25, 0.3) is 0 Å². The Balaban J connectivity index is 1.78. The Morgan fingerprint density at radius 1 is 0.958 bits per heavy atom. The summed E-state index contributed by atoms with van der Waals surface area (Å²) in [5.41, 5.74) is 6.24. The van der Waals surface area contributed by atoms with Crippen molar-refractivity contribution in [2.45, 2.75) is 44.9 Å². The molecule has 0 amide bonds. The molecule has 2 aliphatic rings. The number of nitro benzene ring substituents is 2. The quantitative estimate of drug-likeness (QED) is 0.502. The third-order valence-corrected chi connectivity index (χ3v) is 4.56. The first kappa shape index (κ1) is 16.1. The van der Waals surface area contributed by atoms with E-state index in [2.05, 4.69) is 10.5 Å². The van der Waals surface area contributed by atoms with Gasteiger partial charge in [-0.2, -0.15) is 5.10 Å². The van der Waals surface area contributed by atoms with Gasteiger partial charge in [-0.25, -0.2) is 0 Å². The maximum absolute atomic E-state index is 11.1. The van der Waals surface area contributed by atoms with Crippen LogP contribution in [0.2, 0.25) is 0 Å². The summed E-state index contributed by atoms with van der Waals surface area (Å²) in [7, 11) is 0. The SMILES string of the molecule is O=[N+]([O-])c1ccc(NN=C2CCC3=C(CCCC3)C2)c([N+](=O)[O-])c1. The fraction of sp³-hybridized carbons (Fsp3) is 0.438. The summed E-state index contributed by atoms with van der Waals surface area (Å²) in [6.07, 6.45) is 7.47. The van der Waals surface area contributed by atoms with Crippen LogP contribution in [0.1, 0.15) is 44.9 Å². The minimum absolute atomic E-state index is 0.168.